The highest BCUT2D eigenvalue weighted by Crippen LogP contribution is 2.19. The van der Waals surface area contributed by atoms with E-state index >= 15 is 0 Å². The molecule has 3 aromatic rings. The Kier molecular flexibility index (Phi) is 4.93. The number of nitrogens with zero attached hydrogens (tertiary/aromatic N) is 2. The number of aromatic nitrogens is 2. The van der Waals surface area contributed by atoms with Gasteiger partial charge in [-0.3, -0.25) is 9.59 Å². The molecule has 0 aliphatic carbocycles. The van der Waals surface area contributed by atoms with Crippen molar-refractivity contribution in [3.63, 3.8) is 0 Å². The van der Waals surface area contributed by atoms with Crippen molar-refractivity contribution in [3.05, 3.63) is 65.0 Å². The molecule has 0 atom stereocenters. The van der Waals surface area contributed by atoms with Crippen LogP contribution in [0.4, 0.5) is 5.69 Å². The van der Waals surface area contributed by atoms with E-state index in [4.69, 9.17) is 5.73 Å². The number of primary amides is 1. The number of amides is 2. The minimum Gasteiger partial charge on any atom is -0.366 e. The van der Waals surface area contributed by atoms with E-state index in [1.807, 2.05) is 13.8 Å². The monoisotopic (exact) mass is 348 g/mol. The fraction of sp³-hybridized carbons (Fsp3) is 0.200. The van der Waals surface area contributed by atoms with Crippen molar-refractivity contribution in [2.24, 2.45) is 5.73 Å². The molecule has 0 fully saturated rings. The lowest BCUT2D eigenvalue weighted by Gasteiger charge is -2.10. The third-order valence-corrected chi connectivity index (χ3v) is 4.19. The Hall–Kier alpha value is -3.28. The third kappa shape index (κ3) is 3.39. The van der Waals surface area contributed by atoms with Gasteiger partial charge >= 0.3 is 0 Å². The largest absolute Gasteiger partial charge is 0.366 e. The molecular formula is C20H20N4O2. The molecule has 0 radical (unpaired) electrons. The van der Waals surface area contributed by atoms with Crippen LogP contribution in [0.5, 0.6) is 0 Å². The number of fused-ring (bicyclic) bond motifs is 1. The zero-order valence-electron chi connectivity index (χ0n) is 14.7. The summed E-state index contributed by atoms with van der Waals surface area (Å²) in [7, 11) is 0. The van der Waals surface area contributed by atoms with Gasteiger partial charge in [-0.1, -0.05) is 26.0 Å². The van der Waals surface area contributed by atoms with E-state index in [0.29, 0.717) is 16.8 Å². The predicted molar refractivity (Wildman–Crippen MR) is 101 cm³/mol. The standard InChI is InChI=1S/C20H20N4O2/c1-3-14-15(4-2)23-18-11-12(9-10-17(18)22-14)20(26)24-16-8-6-5-7-13(16)19(21)25/h5-11H,3-4H2,1-2H3,(H2,21,25)(H,24,26). The van der Waals surface area contributed by atoms with Gasteiger partial charge in [0.05, 0.1) is 33.7 Å². The van der Waals surface area contributed by atoms with Crippen LogP contribution in [0.15, 0.2) is 42.5 Å². The SMILES string of the molecule is CCc1nc2ccc(C(=O)Nc3ccccc3C(N)=O)cc2nc1CC. The minimum atomic E-state index is -0.593. The Labute approximate surface area is 151 Å². The van der Waals surface area contributed by atoms with E-state index in [0.717, 1.165) is 29.7 Å². The van der Waals surface area contributed by atoms with E-state index in [1.165, 1.54) is 0 Å². The molecule has 0 unspecified atom stereocenters. The summed E-state index contributed by atoms with van der Waals surface area (Å²) in [6.07, 6.45) is 1.60. The number of benzene rings is 2. The lowest BCUT2D eigenvalue weighted by molar-refractivity contribution is 0.100. The van der Waals surface area contributed by atoms with Crippen LogP contribution in [0.25, 0.3) is 11.0 Å². The van der Waals surface area contributed by atoms with Gasteiger partial charge in [0, 0.05) is 5.56 Å². The summed E-state index contributed by atoms with van der Waals surface area (Å²) in [5, 5.41) is 2.74. The smallest absolute Gasteiger partial charge is 0.255 e. The molecule has 3 rings (SSSR count). The van der Waals surface area contributed by atoms with Gasteiger partial charge in [0.25, 0.3) is 11.8 Å². The van der Waals surface area contributed by atoms with Crippen LogP contribution in [0.2, 0.25) is 0 Å². The van der Waals surface area contributed by atoms with Crippen LogP contribution in [0, 0.1) is 0 Å². The summed E-state index contributed by atoms with van der Waals surface area (Å²) in [5.74, 6) is -0.926. The fourth-order valence-electron chi connectivity index (χ4n) is 2.84. The molecule has 3 N–H and O–H groups in total. The molecule has 0 saturated heterocycles. The number of rotatable bonds is 5. The van der Waals surface area contributed by atoms with E-state index in [9.17, 15) is 9.59 Å². The van der Waals surface area contributed by atoms with Crippen LogP contribution in [0.1, 0.15) is 46.0 Å². The Morgan fingerprint density at radius 2 is 1.62 bits per heavy atom. The first-order valence-corrected chi connectivity index (χ1v) is 8.53. The number of carbonyl (C=O) groups is 2. The van der Waals surface area contributed by atoms with E-state index in [-0.39, 0.29) is 11.5 Å². The van der Waals surface area contributed by atoms with E-state index in [2.05, 4.69) is 15.3 Å². The molecule has 0 bridgehead atoms. The molecule has 0 aliphatic heterocycles. The molecule has 0 spiro atoms. The molecule has 2 amide bonds. The first-order valence-electron chi connectivity index (χ1n) is 8.53. The summed E-state index contributed by atoms with van der Waals surface area (Å²) >= 11 is 0. The molecule has 6 heteroatoms. The van der Waals surface area contributed by atoms with Crippen molar-refractivity contribution in [2.75, 3.05) is 5.32 Å². The van der Waals surface area contributed by atoms with Crippen LogP contribution < -0.4 is 11.1 Å². The van der Waals surface area contributed by atoms with Gasteiger partial charge in [-0.2, -0.15) is 0 Å². The quantitative estimate of drug-likeness (QED) is 0.740. The van der Waals surface area contributed by atoms with Crippen LogP contribution >= 0.6 is 0 Å². The molecule has 6 nitrogen and oxygen atoms in total. The van der Waals surface area contributed by atoms with Gasteiger partial charge in [-0.05, 0) is 43.2 Å². The lowest BCUT2D eigenvalue weighted by Crippen LogP contribution is -2.18. The van der Waals surface area contributed by atoms with Gasteiger partial charge in [0.1, 0.15) is 0 Å². The predicted octanol–water partition coefficient (Wildman–Crippen LogP) is 3.11. The Morgan fingerprint density at radius 1 is 0.962 bits per heavy atom. The topological polar surface area (TPSA) is 98.0 Å². The van der Waals surface area contributed by atoms with Crippen molar-refractivity contribution in [2.45, 2.75) is 26.7 Å². The first kappa shape index (κ1) is 17.5. The molecule has 1 aromatic heterocycles. The lowest BCUT2D eigenvalue weighted by atomic mass is 10.1. The number of nitrogens with two attached hydrogens (primary N) is 1. The van der Waals surface area contributed by atoms with Gasteiger partial charge < -0.3 is 11.1 Å². The van der Waals surface area contributed by atoms with Crippen LogP contribution in [-0.2, 0) is 12.8 Å². The highest BCUT2D eigenvalue weighted by Gasteiger charge is 2.13. The van der Waals surface area contributed by atoms with Crippen molar-refractivity contribution >= 4 is 28.5 Å². The summed E-state index contributed by atoms with van der Waals surface area (Å²) < 4.78 is 0. The third-order valence-electron chi connectivity index (χ3n) is 4.19. The first-order chi connectivity index (χ1) is 12.5. The molecular weight excluding hydrogens is 328 g/mol. The summed E-state index contributed by atoms with van der Waals surface area (Å²) in [6.45, 7) is 4.08. The van der Waals surface area contributed by atoms with Crippen molar-refractivity contribution in [1.29, 1.82) is 0 Å². The van der Waals surface area contributed by atoms with Crippen molar-refractivity contribution in [1.82, 2.24) is 9.97 Å². The minimum absolute atomic E-state index is 0.266. The fourth-order valence-corrected chi connectivity index (χ4v) is 2.84. The van der Waals surface area contributed by atoms with Crippen LogP contribution in [-0.4, -0.2) is 21.8 Å². The average Bonchev–Trinajstić information content (AvgIpc) is 2.66. The number of hydrogen-bond donors (Lipinski definition) is 2. The van der Waals surface area contributed by atoms with Gasteiger partial charge in [0.15, 0.2) is 0 Å². The van der Waals surface area contributed by atoms with E-state index < -0.39 is 5.91 Å². The molecule has 0 saturated carbocycles. The maximum absolute atomic E-state index is 12.6. The summed E-state index contributed by atoms with van der Waals surface area (Å²) in [5.41, 5.74) is 9.80. The number of nitrogens with one attached hydrogen (secondary N) is 1. The normalized spacial score (nSPS) is 10.7. The molecule has 132 valence electrons. The number of carbonyl (C=O) groups excluding carboxylic acids is 2. The number of hydrogen-bond acceptors (Lipinski definition) is 4. The molecule has 1 heterocycles. The zero-order chi connectivity index (χ0) is 18.7. The Bertz CT molecular complexity index is 998. The maximum Gasteiger partial charge on any atom is 0.255 e. The van der Waals surface area contributed by atoms with Gasteiger partial charge in [-0.25, -0.2) is 9.97 Å². The highest BCUT2D eigenvalue weighted by molar-refractivity contribution is 6.09. The number of anilines is 1. The summed E-state index contributed by atoms with van der Waals surface area (Å²) in [4.78, 5) is 33.4. The second kappa shape index (κ2) is 7.31. The van der Waals surface area contributed by atoms with Crippen molar-refractivity contribution in [3.8, 4) is 0 Å². The molecule has 0 aliphatic rings. The Morgan fingerprint density at radius 3 is 2.27 bits per heavy atom. The second-order valence-electron chi connectivity index (χ2n) is 5.89. The Balaban J connectivity index is 1.95. The zero-order valence-corrected chi connectivity index (χ0v) is 14.7. The van der Waals surface area contributed by atoms with E-state index in [1.54, 1.807) is 42.5 Å². The van der Waals surface area contributed by atoms with Gasteiger partial charge in [-0.15, -0.1) is 0 Å². The molecule has 26 heavy (non-hydrogen) atoms. The number of aryl methyl sites for hydroxylation is 2. The highest BCUT2D eigenvalue weighted by atomic mass is 16.2. The van der Waals surface area contributed by atoms with Gasteiger partial charge in [0.2, 0.25) is 0 Å². The molecule has 2 aromatic carbocycles. The second-order valence-corrected chi connectivity index (χ2v) is 5.89. The van der Waals surface area contributed by atoms with Crippen LogP contribution in [0.3, 0.4) is 0 Å². The average molecular weight is 348 g/mol. The van der Waals surface area contributed by atoms with Crippen molar-refractivity contribution < 1.29 is 9.59 Å². The number of para-hydroxylation sites is 1. The maximum atomic E-state index is 12.6. The summed E-state index contributed by atoms with van der Waals surface area (Å²) in [6, 6.07) is 11.8.